The summed E-state index contributed by atoms with van der Waals surface area (Å²) >= 11 is 0. The summed E-state index contributed by atoms with van der Waals surface area (Å²) in [4.78, 5) is 7.19. The van der Waals surface area contributed by atoms with Gasteiger partial charge in [-0.05, 0) is 5.23 Å². The van der Waals surface area contributed by atoms with Crippen molar-refractivity contribution in [3.63, 3.8) is 0 Å². The van der Waals surface area contributed by atoms with Gasteiger partial charge in [0.1, 0.15) is 5.69 Å². The molecule has 6 N–H and O–H groups in total. The van der Waals surface area contributed by atoms with Crippen molar-refractivity contribution in [2.45, 2.75) is 0 Å². The number of hydrogen-bond donors (Lipinski definition) is 3. The minimum Gasteiger partial charge on any atom is -0.393 e. The Hall–Kier alpha value is -1.85. The smallest absolute Gasteiger partial charge is 0.393 e. The van der Waals surface area contributed by atoms with Gasteiger partial charge in [0.25, 0.3) is 5.95 Å². The van der Waals surface area contributed by atoms with Gasteiger partial charge in [-0.2, -0.15) is 18.4 Å². The Morgan fingerprint density at radius 1 is 1.07 bits per heavy atom. The van der Waals surface area contributed by atoms with Crippen LogP contribution in [0.3, 0.4) is 0 Å². The molecular formula is C4H6N6O4S. The second kappa shape index (κ2) is 2.82. The average molecular weight is 234 g/mol. The highest BCUT2D eigenvalue weighted by atomic mass is 32.3. The van der Waals surface area contributed by atoms with Gasteiger partial charge in [0, 0.05) is 0 Å². The Bertz CT molecular complexity index is 479. The molecular weight excluding hydrogens is 228 g/mol. The lowest BCUT2D eigenvalue weighted by molar-refractivity contribution is -0.0227. The van der Waals surface area contributed by atoms with E-state index in [-0.39, 0.29) is 23.3 Å². The lowest BCUT2D eigenvalue weighted by atomic mass is 10.4. The first kappa shape index (κ1) is 9.70. The van der Waals surface area contributed by atoms with Crippen molar-refractivity contribution in [3.8, 4) is 0 Å². The van der Waals surface area contributed by atoms with Gasteiger partial charge in [-0.25, -0.2) is 0 Å². The molecule has 82 valence electrons. The lowest BCUT2D eigenvalue weighted by Crippen LogP contribution is -2.43. The van der Waals surface area contributed by atoms with Crippen molar-refractivity contribution in [1.29, 1.82) is 0 Å². The number of aromatic nitrogens is 2. The maximum Gasteiger partial charge on any atom is 0.446 e. The Morgan fingerprint density at radius 3 is 1.93 bits per heavy atom. The van der Waals surface area contributed by atoms with E-state index >= 15 is 0 Å². The van der Waals surface area contributed by atoms with E-state index in [0.717, 1.165) is 0 Å². The van der Waals surface area contributed by atoms with E-state index in [1.54, 1.807) is 0 Å². The molecule has 0 amide bonds. The number of nitrogens with two attached hydrogens (primary N) is 3. The Labute approximate surface area is 83.8 Å². The fraction of sp³-hybridized carbons (Fsp3) is 0. The zero-order valence-electron chi connectivity index (χ0n) is 7.11. The molecule has 0 aliphatic carbocycles. The fourth-order valence-electron chi connectivity index (χ4n) is 0.812. The molecule has 1 fully saturated rings. The first-order chi connectivity index (χ1) is 6.89. The third-order valence-corrected chi connectivity index (χ3v) is 2.11. The zero-order valence-corrected chi connectivity index (χ0v) is 7.93. The van der Waals surface area contributed by atoms with Crippen molar-refractivity contribution in [3.05, 3.63) is 0 Å². The van der Waals surface area contributed by atoms with E-state index in [2.05, 4.69) is 18.5 Å². The molecule has 1 aliphatic rings. The summed E-state index contributed by atoms with van der Waals surface area (Å²) < 4.78 is 29.3. The highest BCUT2D eigenvalue weighted by Gasteiger charge is 2.38. The van der Waals surface area contributed by atoms with E-state index in [1.807, 2.05) is 0 Å². The van der Waals surface area contributed by atoms with Gasteiger partial charge < -0.3 is 17.2 Å². The number of rotatable bonds is 1. The molecule has 1 saturated heterocycles. The molecule has 0 saturated carbocycles. The molecule has 0 bridgehead atoms. The van der Waals surface area contributed by atoms with Crippen LogP contribution in [0.4, 0.5) is 23.3 Å². The minimum atomic E-state index is -3.98. The second-order valence-electron chi connectivity index (χ2n) is 2.52. The van der Waals surface area contributed by atoms with Crippen LogP contribution in [0.2, 0.25) is 0 Å². The van der Waals surface area contributed by atoms with Crippen LogP contribution in [0.1, 0.15) is 0 Å². The second-order valence-corrected chi connectivity index (χ2v) is 3.64. The van der Waals surface area contributed by atoms with Gasteiger partial charge in [-0.1, -0.05) is 8.57 Å². The first-order valence-electron chi connectivity index (χ1n) is 3.52. The van der Waals surface area contributed by atoms with Crippen LogP contribution in [0, 0.1) is 0 Å². The van der Waals surface area contributed by atoms with Crippen molar-refractivity contribution < 1.29 is 17.0 Å². The predicted molar refractivity (Wildman–Crippen MR) is 48.8 cm³/mol. The first-order valence-corrected chi connectivity index (χ1v) is 4.85. The van der Waals surface area contributed by atoms with Crippen LogP contribution in [-0.4, -0.2) is 18.4 Å². The zero-order chi connectivity index (χ0) is 11.2. The molecule has 10 nitrogen and oxygen atoms in total. The van der Waals surface area contributed by atoms with Crippen LogP contribution in [0.25, 0.3) is 0 Å². The van der Waals surface area contributed by atoms with E-state index in [9.17, 15) is 8.42 Å². The van der Waals surface area contributed by atoms with E-state index in [4.69, 9.17) is 17.2 Å². The summed E-state index contributed by atoms with van der Waals surface area (Å²) in [6, 6.07) is 0. The van der Waals surface area contributed by atoms with Crippen molar-refractivity contribution in [2.24, 2.45) is 0 Å². The van der Waals surface area contributed by atoms with Crippen LogP contribution < -0.4 is 22.4 Å². The fourth-order valence-corrected chi connectivity index (χ4v) is 1.29. The van der Waals surface area contributed by atoms with Gasteiger partial charge in [-0.15, -0.1) is 0 Å². The quantitative estimate of drug-likeness (QED) is 0.503. The summed E-state index contributed by atoms with van der Waals surface area (Å²) in [6.45, 7) is 0. The molecule has 15 heavy (non-hydrogen) atoms. The number of nitrogen functional groups attached to an aromatic ring is 3. The topological polar surface area (TPSA) is 160 Å². The molecule has 0 radical (unpaired) electrons. The Kier molecular flexibility index (Phi) is 1.82. The number of hydrogen-bond acceptors (Lipinski definition) is 10. The summed E-state index contributed by atoms with van der Waals surface area (Å²) in [6.07, 6.45) is 0. The van der Waals surface area contributed by atoms with Crippen molar-refractivity contribution in [2.75, 3.05) is 22.4 Å². The van der Waals surface area contributed by atoms with Crippen molar-refractivity contribution in [1.82, 2.24) is 9.97 Å². The van der Waals surface area contributed by atoms with E-state index in [0.29, 0.717) is 5.23 Å². The van der Waals surface area contributed by atoms with Crippen molar-refractivity contribution >= 4 is 33.7 Å². The Balaban J connectivity index is 2.32. The summed E-state index contributed by atoms with van der Waals surface area (Å²) in [5.74, 6) is -0.461. The predicted octanol–water partition coefficient (Wildman–Crippen LogP) is -1.85. The number of nitrogens with zero attached hydrogens (tertiary/aromatic N) is 3. The van der Waals surface area contributed by atoms with Crippen LogP contribution >= 0.6 is 0 Å². The van der Waals surface area contributed by atoms with E-state index < -0.39 is 10.4 Å². The molecule has 1 aromatic rings. The molecule has 11 heteroatoms. The maximum absolute atomic E-state index is 10.5. The van der Waals surface area contributed by atoms with Crippen LogP contribution in [0.15, 0.2) is 0 Å². The van der Waals surface area contributed by atoms with Crippen LogP contribution in [-0.2, 0) is 19.0 Å². The van der Waals surface area contributed by atoms with Gasteiger partial charge >= 0.3 is 10.4 Å². The lowest BCUT2D eigenvalue weighted by Gasteiger charge is -2.25. The van der Waals surface area contributed by atoms with Gasteiger partial charge in [0.05, 0.1) is 0 Å². The van der Waals surface area contributed by atoms with Gasteiger partial charge in [-0.3, -0.25) is 0 Å². The summed E-state index contributed by atoms with van der Waals surface area (Å²) in [5, 5.41) is 0.446. The standard InChI is InChI=1S/C4H6N6O4S/c5-1-2(6)8-4(9-3(1)7)10-13-15(11,12)14-10/h5H2,(H4,6,7,8,9). The molecule has 2 heterocycles. The molecule has 0 atom stereocenters. The molecule has 1 aliphatic heterocycles. The third-order valence-electron chi connectivity index (χ3n) is 1.47. The molecule has 2 rings (SSSR count). The normalized spacial score (nSPS) is 18.5. The van der Waals surface area contributed by atoms with Crippen LogP contribution in [0.5, 0.6) is 0 Å². The maximum atomic E-state index is 10.5. The highest BCUT2D eigenvalue weighted by molar-refractivity contribution is 7.82. The third kappa shape index (κ3) is 1.58. The van der Waals surface area contributed by atoms with Gasteiger partial charge in [0.2, 0.25) is 0 Å². The monoisotopic (exact) mass is 234 g/mol. The molecule has 0 unspecified atom stereocenters. The molecule has 0 aromatic carbocycles. The molecule has 1 aromatic heterocycles. The largest absolute Gasteiger partial charge is 0.446 e. The summed E-state index contributed by atoms with van der Waals surface area (Å²) in [5.41, 5.74) is 16.1. The average Bonchev–Trinajstić information content (AvgIpc) is 2.09. The van der Waals surface area contributed by atoms with Gasteiger partial charge in [0.15, 0.2) is 11.6 Å². The number of anilines is 4. The minimum absolute atomic E-state index is 0.00197. The molecule has 0 spiro atoms. The van der Waals surface area contributed by atoms with E-state index in [1.165, 1.54) is 0 Å². The summed E-state index contributed by atoms with van der Waals surface area (Å²) in [7, 11) is -3.98. The highest BCUT2D eigenvalue weighted by Crippen LogP contribution is 2.27. The Morgan fingerprint density at radius 2 is 1.53 bits per heavy atom. The SMILES string of the molecule is Nc1nc(N2OS(=O)(=O)O2)nc(N)c1N.